The van der Waals surface area contributed by atoms with Crippen LogP contribution in [0.25, 0.3) is 0 Å². The standard InChI is InChI=1S/C36H56O7/c1-10-22(4)31(39)32(40)43-29-19-28(33(5,6)41)35(8,16-14-30(37)38)27-13-15-34(7)25(11-12-26(34)36(27,29)9)23-18-24(42-20-23)17-21(2)3/h10,12,17,23-25,27-29,31,39,41H,11,13-16,18-20H2,1-9H3,(H,37,38)/b22-10+/t23-,24-,25+,27-,28-,29-,31-,34+,35-,36+/m1/s1. The molecular formula is C36H56O7. The zero-order valence-corrected chi connectivity index (χ0v) is 27.9. The van der Waals surface area contributed by atoms with Crippen molar-refractivity contribution in [2.24, 2.45) is 39.9 Å². The summed E-state index contributed by atoms with van der Waals surface area (Å²) in [5.74, 6) is -1.00. The Bertz CT molecular complexity index is 1170. The first-order valence-corrected chi connectivity index (χ1v) is 16.3. The van der Waals surface area contributed by atoms with Gasteiger partial charge < -0.3 is 24.8 Å². The van der Waals surface area contributed by atoms with Crippen molar-refractivity contribution in [2.75, 3.05) is 6.61 Å². The molecule has 4 aliphatic rings. The lowest BCUT2D eigenvalue weighted by molar-refractivity contribution is -0.212. The summed E-state index contributed by atoms with van der Waals surface area (Å²) in [5, 5.41) is 32.1. The second-order valence-electron chi connectivity index (χ2n) is 15.6. The minimum absolute atomic E-state index is 0.0152. The van der Waals surface area contributed by atoms with Gasteiger partial charge in [0.2, 0.25) is 0 Å². The summed E-state index contributed by atoms with van der Waals surface area (Å²) in [6, 6.07) is 0. The van der Waals surface area contributed by atoms with E-state index in [4.69, 9.17) is 9.47 Å². The van der Waals surface area contributed by atoms with Crippen LogP contribution in [-0.2, 0) is 19.1 Å². The number of allylic oxidation sites excluding steroid dienone is 3. The third-order valence-electron chi connectivity index (χ3n) is 12.2. The number of carboxylic acids is 1. The molecule has 0 spiro atoms. The second kappa shape index (κ2) is 12.1. The fourth-order valence-electron chi connectivity index (χ4n) is 10.1. The van der Waals surface area contributed by atoms with Crippen LogP contribution in [0.1, 0.15) is 107 Å². The molecule has 3 fully saturated rings. The molecule has 0 amide bonds. The van der Waals surface area contributed by atoms with Gasteiger partial charge in [-0.1, -0.05) is 50.1 Å². The van der Waals surface area contributed by atoms with Gasteiger partial charge in [0.15, 0.2) is 6.10 Å². The molecule has 10 atom stereocenters. The van der Waals surface area contributed by atoms with Crippen molar-refractivity contribution in [3.05, 3.63) is 34.9 Å². The van der Waals surface area contributed by atoms with Crippen LogP contribution >= 0.6 is 0 Å². The van der Waals surface area contributed by atoms with Crippen molar-refractivity contribution in [1.82, 2.24) is 0 Å². The highest BCUT2D eigenvalue weighted by Crippen LogP contribution is 2.72. The number of carboxylic acid groups (broad SMARTS) is 1. The summed E-state index contributed by atoms with van der Waals surface area (Å²) in [7, 11) is 0. The Morgan fingerprint density at radius 1 is 1.19 bits per heavy atom. The molecule has 0 aromatic carbocycles. The molecule has 0 aromatic heterocycles. The number of esters is 1. The van der Waals surface area contributed by atoms with E-state index in [9.17, 15) is 24.9 Å². The molecule has 4 rings (SSSR count). The first kappa shape index (κ1) is 33.9. The highest BCUT2D eigenvalue weighted by Gasteiger charge is 2.68. The Labute approximate surface area is 258 Å². The van der Waals surface area contributed by atoms with E-state index < -0.39 is 40.6 Å². The number of aliphatic hydroxyl groups is 2. The van der Waals surface area contributed by atoms with Crippen LogP contribution < -0.4 is 0 Å². The van der Waals surface area contributed by atoms with Gasteiger partial charge in [0.25, 0.3) is 0 Å². The van der Waals surface area contributed by atoms with E-state index in [2.05, 4.69) is 46.8 Å². The van der Waals surface area contributed by atoms with Gasteiger partial charge in [-0.25, -0.2) is 4.79 Å². The van der Waals surface area contributed by atoms with Gasteiger partial charge in [-0.05, 0) is 120 Å². The van der Waals surface area contributed by atoms with Crippen LogP contribution in [0, 0.1) is 39.9 Å². The van der Waals surface area contributed by atoms with Crippen LogP contribution in [0.2, 0.25) is 0 Å². The number of fused-ring (bicyclic) bond motifs is 3. The molecule has 0 bridgehead atoms. The van der Waals surface area contributed by atoms with Crippen molar-refractivity contribution >= 4 is 11.9 Å². The first-order chi connectivity index (χ1) is 19.9. The van der Waals surface area contributed by atoms with Crippen molar-refractivity contribution in [2.45, 2.75) is 131 Å². The number of hydrogen-bond acceptors (Lipinski definition) is 6. The van der Waals surface area contributed by atoms with Crippen LogP contribution in [0.5, 0.6) is 0 Å². The van der Waals surface area contributed by atoms with Gasteiger partial charge in [0.1, 0.15) is 6.10 Å². The predicted molar refractivity (Wildman–Crippen MR) is 167 cm³/mol. The van der Waals surface area contributed by atoms with Crippen LogP contribution in [-0.4, -0.2) is 57.8 Å². The topological polar surface area (TPSA) is 113 Å². The Morgan fingerprint density at radius 2 is 1.86 bits per heavy atom. The van der Waals surface area contributed by atoms with Crippen LogP contribution in [0.15, 0.2) is 34.9 Å². The molecule has 3 aliphatic carbocycles. The Kier molecular flexibility index (Phi) is 9.54. The van der Waals surface area contributed by atoms with E-state index in [1.54, 1.807) is 33.8 Å². The molecule has 7 heteroatoms. The van der Waals surface area contributed by atoms with Crippen molar-refractivity contribution in [3.8, 4) is 0 Å². The Hall–Kier alpha value is -1.96. The normalized spacial score (nSPS) is 40.3. The number of ether oxygens (including phenoxy) is 2. The molecule has 43 heavy (non-hydrogen) atoms. The van der Waals surface area contributed by atoms with E-state index in [1.807, 2.05) is 0 Å². The largest absolute Gasteiger partial charge is 0.481 e. The lowest BCUT2D eigenvalue weighted by Gasteiger charge is -2.66. The summed E-state index contributed by atoms with van der Waals surface area (Å²) in [5.41, 5.74) is 0.792. The van der Waals surface area contributed by atoms with Gasteiger partial charge in [-0.2, -0.15) is 0 Å². The molecular weight excluding hydrogens is 544 g/mol. The van der Waals surface area contributed by atoms with Crippen molar-refractivity contribution in [3.63, 3.8) is 0 Å². The zero-order chi connectivity index (χ0) is 32.1. The molecule has 3 N–H and O–H groups in total. The fourth-order valence-corrected chi connectivity index (χ4v) is 10.1. The monoisotopic (exact) mass is 600 g/mol. The quantitative estimate of drug-likeness (QED) is 0.201. The van der Waals surface area contributed by atoms with Crippen molar-refractivity contribution < 1.29 is 34.4 Å². The third-order valence-corrected chi connectivity index (χ3v) is 12.2. The van der Waals surface area contributed by atoms with Gasteiger partial charge in [-0.15, -0.1) is 0 Å². The number of carbonyl (C=O) groups is 2. The lowest BCUT2D eigenvalue weighted by Crippen LogP contribution is -2.64. The lowest BCUT2D eigenvalue weighted by atomic mass is 9.39. The van der Waals surface area contributed by atoms with Crippen molar-refractivity contribution in [1.29, 1.82) is 0 Å². The minimum atomic E-state index is -1.35. The van der Waals surface area contributed by atoms with Gasteiger partial charge >= 0.3 is 11.9 Å². The van der Waals surface area contributed by atoms with Crippen LogP contribution in [0.4, 0.5) is 0 Å². The molecule has 0 radical (unpaired) electrons. The fraction of sp³-hybridized carbons (Fsp3) is 0.778. The molecule has 1 aliphatic heterocycles. The van der Waals surface area contributed by atoms with E-state index in [1.165, 1.54) is 11.1 Å². The summed E-state index contributed by atoms with van der Waals surface area (Å²) in [4.78, 5) is 25.3. The Balaban J connectivity index is 1.77. The van der Waals surface area contributed by atoms with E-state index >= 15 is 0 Å². The van der Waals surface area contributed by atoms with E-state index in [-0.39, 0.29) is 29.8 Å². The summed E-state index contributed by atoms with van der Waals surface area (Å²) < 4.78 is 12.6. The minimum Gasteiger partial charge on any atom is -0.481 e. The average molecular weight is 601 g/mol. The molecule has 0 unspecified atom stereocenters. The predicted octanol–water partition coefficient (Wildman–Crippen LogP) is 6.63. The summed E-state index contributed by atoms with van der Waals surface area (Å²) in [6.07, 6.45) is 9.14. The number of rotatable bonds is 9. The third kappa shape index (κ3) is 6.03. The number of hydrogen-bond donors (Lipinski definition) is 3. The zero-order valence-electron chi connectivity index (χ0n) is 27.9. The van der Waals surface area contributed by atoms with Gasteiger partial charge in [0.05, 0.1) is 18.3 Å². The van der Waals surface area contributed by atoms with Crippen LogP contribution in [0.3, 0.4) is 0 Å². The van der Waals surface area contributed by atoms with E-state index in [0.29, 0.717) is 30.3 Å². The van der Waals surface area contributed by atoms with E-state index in [0.717, 1.165) is 32.3 Å². The smallest absolute Gasteiger partial charge is 0.339 e. The second-order valence-corrected chi connectivity index (χ2v) is 15.6. The number of aliphatic hydroxyl groups excluding tert-OH is 1. The maximum Gasteiger partial charge on any atom is 0.339 e. The average Bonchev–Trinajstić information content (AvgIpc) is 3.51. The molecule has 0 aromatic rings. The Morgan fingerprint density at radius 3 is 2.44 bits per heavy atom. The number of carbonyl (C=O) groups excluding carboxylic acids is 1. The molecule has 1 saturated heterocycles. The van der Waals surface area contributed by atoms with Gasteiger partial charge in [0, 0.05) is 11.8 Å². The molecule has 7 nitrogen and oxygen atoms in total. The first-order valence-electron chi connectivity index (χ1n) is 16.3. The summed E-state index contributed by atoms with van der Waals surface area (Å²) >= 11 is 0. The molecule has 1 heterocycles. The highest BCUT2D eigenvalue weighted by atomic mass is 16.6. The maximum absolute atomic E-state index is 13.4. The molecule has 242 valence electrons. The SMILES string of the molecule is C/C=C(\C)[C@@H](O)C(=O)O[C@@H]1C[C@H](C(C)(C)O)[C@](C)(CCC(=O)O)[C@H]2CC[C@]3(C)C(=CC[C@H]3[C@H]3CO[C@H](C=C(C)C)C3)[C@@]21C. The maximum atomic E-state index is 13.4. The highest BCUT2D eigenvalue weighted by molar-refractivity contribution is 5.78. The molecule has 2 saturated carbocycles. The summed E-state index contributed by atoms with van der Waals surface area (Å²) in [6.45, 7) is 18.8. The number of aliphatic carboxylic acids is 1. The van der Waals surface area contributed by atoms with Gasteiger partial charge in [-0.3, -0.25) is 4.79 Å².